The lowest BCUT2D eigenvalue weighted by atomic mass is 10.2. The van der Waals surface area contributed by atoms with Crippen LogP contribution in [0.1, 0.15) is 23.1 Å². The van der Waals surface area contributed by atoms with Crippen LogP contribution in [0.5, 0.6) is 0 Å². The summed E-state index contributed by atoms with van der Waals surface area (Å²) >= 11 is 6.00. The molecule has 3 rings (SSSR count). The van der Waals surface area contributed by atoms with Gasteiger partial charge in [0.05, 0.1) is 24.6 Å². The number of nitrogens with one attached hydrogen (secondary N) is 1. The maximum atomic E-state index is 12.5. The number of amides is 2. The Bertz CT molecular complexity index is 816. The summed E-state index contributed by atoms with van der Waals surface area (Å²) in [4.78, 5) is 26.6. The second-order valence-electron chi connectivity index (χ2n) is 6.05. The van der Waals surface area contributed by atoms with Crippen molar-refractivity contribution in [3.63, 3.8) is 0 Å². The van der Waals surface area contributed by atoms with E-state index in [0.717, 1.165) is 0 Å². The molecule has 1 N–H and O–H groups in total. The van der Waals surface area contributed by atoms with E-state index in [1.807, 2.05) is 6.07 Å². The van der Waals surface area contributed by atoms with Gasteiger partial charge < -0.3 is 15.0 Å². The first-order valence-electron chi connectivity index (χ1n) is 8.33. The monoisotopic (exact) mass is 377 g/mol. The van der Waals surface area contributed by atoms with Crippen LogP contribution in [0, 0.1) is 6.92 Å². The van der Waals surface area contributed by atoms with E-state index in [2.05, 4.69) is 15.6 Å². The van der Waals surface area contributed by atoms with Gasteiger partial charge in [-0.05, 0) is 32.0 Å². The number of hydrogen-bond donors (Lipinski definition) is 1. The number of halogens is 1. The smallest absolute Gasteiger partial charge is 0.274 e. The molecule has 138 valence electrons. The standard InChI is InChI=1S/C17H20ClN5O3/c1-11(17(25)22-6-8-26-9-7-22)19-16(24)15-12(2)23(21-20-15)14-5-3-4-13(18)10-14/h3-5,10-11H,6-9H2,1-2H3,(H,19,24). The molecule has 1 aliphatic rings. The van der Waals surface area contributed by atoms with Crippen molar-refractivity contribution in [2.75, 3.05) is 26.3 Å². The fraction of sp³-hybridized carbons (Fsp3) is 0.412. The molecule has 0 aliphatic carbocycles. The third-order valence-corrected chi connectivity index (χ3v) is 4.44. The molecule has 0 radical (unpaired) electrons. The zero-order valence-corrected chi connectivity index (χ0v) is 15.4. The molecule has 8 nitrogen and oxygen atoms in total. The van der Waals surface area contributed by atoms with Crippen LogP contribution in [-0.2, 0) is 9.53 Å². The summed E-state index contributed by atoms with van der Waals surface area (Å²) in [5.41, 5.74) is 1.45. The number of ether oxygens (including phenoxy) is 1. The van der Waals surface area contributed by atoms with Crippen LogP contribution in [0.25, 0.3) is 5.69 Å². The van der Waals surface area contributed by atoms with Crippen LogP contribution in [-0.4, -0.2) is 64.1 Å². The average Bonchev–Trinajstić information content (AvgIpc) is 3.03. The van der Waals surface area contributed by atoms with Gasteiger partial charge in [0.1, 0.15) is 6.04 Å². The van der Waals surface area contributed by atoms with Gasteiger partial charge in [0.25, 0.3) is 5.91 Å². The van der Waals surface area contributed by atoms with Crippen LogP contribution < -0.4 is 5.32 Å². The molecule has 26 heavy (non-hydrogen) atoms. The number of rotatable bonds is 4. The maximum Gasteiger partial charge on any atom is 0.274 e. The lowest BCUT2D eigenvalue weighted by Gasteiger charge is -2.29. The number of benzene rings is 1. The number of morpholine rings is 1. The highest BCUT2D eigenvalue weighted by Crippen LogP contribution is 2.17. The van der Waals surface area contributed by atoms with E-state index in [-0.39, 0.29) is 11.6 Å². The molecule has 2 aromatic rings. The van der Waals surface area contributed by atoms with Crippen molar-refractivity contribution in [2.45, 2.75) is 19.9 Å². The zero-order valence-electron chi connectivity index (χ0n) is 14.6. The van der Waals surface area contributed by atoms with Gasteiger partial charge >= 0.3 is 0 Å². The van der Waals surface area contributed by atoms with Gasteiger partial charge in [-0.25, -0.2) is 4.68 Å². The molecule has 9 heteroatoms. The highest BCUT2D eigenvalue weighted by atomic mass is 35.5. The quantitative estimate of drug-likeness (QED) is 0.865. The van der Waals surface area contributed by atoms with Crippen molar-refractivity contribution in [1.82, 2.24) is 25.2 Å². The molecule has 2 heterocycles. The summed E-state index contributed by atoms with van der Waals surface area (Å²) in [7, 11) is 0. The van der Waals surface area contributed by atoms with E-state index in [1.165, 1.54) is 4.68 Å². The van der Waals surface area contributed by atoms with E-state index in [1.54, 1.807) is 36.9 Å². The first-order valence-corrected chi connectivity index (χ1v) is 8.71. The molecule has 1 aromatic heterocycles. The first-order chi connectivity index (χ1) is 12.5. The van der Waals surface area contributed by atoms with Crippen LogP contribution in [0.15, 0.2) is 24.3 Å². The molecule has 0 saturated carbocycles. The minimum absolute atomic E-state index is 0.137. The van der Waals surface area contributed by atoms with Gasteiger partial charge in [-0.3, -0.25) is 9.59 Å². The van der Waals surface area contributed by atoms with E-state index in [0.29, 0.717) is 42.7 Å². The minimum atomic E-state index is -0.656. The Kier molecular flexibility index (Phi) is 5.53. The normalized spacial score (nSPS) is 15.6. The van der Waals surface area contributed by atoms with Gasteiger partial charge in [-0.2, -0.15) is 0 Å². The molecule has 1 unspecified atom stereocenters. The number of hydrogen-bond acceptors (Lipinski definition) is 5. The van der Waals surface area contributed by atoms with Crippen molar-refractivity contribution >= 4 is 23.4 Å². The van der Waals surface area contributed by atoms with Crippen LogP contribution in [0.4, 0.5) is 0 Å². The molecular weight excluding hydrogens is 358 g/mol. The zero-order chi connectivity index (χ0) is 18.7. The lowest BCUT2D eigenvalue weighted by Crippen LogP contribution is -2.50. The van der Waals surface area contributed by atoms with E-state index in [4.69, 9.17) is 16.3 Å². The fourth-order valence-electron chi connectivity index (χ4n) is 2.78. The summed E-state index contributed by atoms with van der Waals surface area (Å²) in [5, 5.41) is 11.2. The molecule has 1 aliphatic heterocycles. The van der Waals surface area contributed by atoms with E-state index in [9.17, 15) is 9.59 Å². The summed E-state index contributed by atoms with van der Waals surface area (Å²) in [6.45, 7) is 5.49. The second-order valence-corrected chi connectivity index (χ2v) is 6.48. The molecule has 2 amide bonds. The minimum Gasteiger partial charge on any atom is -0.378 e. The third-order valence-electron chi connectivity index (χ3n) is 4.20. The molecule has 1 aromatic carbocycles. The van der Waals surface area contributed by atoms with Gasteiger partial charge in [-0.1, -0.05) is 22.9 Å². The van der Waals surface area contributed by atoms with Gasteiger partial charge in [0.2, 0.25) is 5.91 Å². The average molecular weight is 378 g/mol. The van der Waals surface area contributed by atoms with E-state index < -0.39 is 11.9 Å². The largest absolute Gasteiger partial charge is 0.378 e. The maximum absolute atomic E-state index is 12.5. The first kappa shape index (κ1) is 18.3. The van der Waals surface area contributed by atoms with Crippen molar-refractivity contribution in [3.05, 3.63) is 40.7 Å². The van der Waals surface area contributed by atoms with Gasteiger partial charge in [-0.15, -0.1) is 5.10 Å². The molecule has 0 spiro atoms. The third kappa shape index (κ3) is 3.86. The van der Waals surface area contributed by atoms with Crippen molar-refractivity contribution in [1.29, 1.82) is 0 Å². The Balaban J connectivity index is 1.71. The lowest BCUT2D eigenvalue weighted by molar-refractivity contribution is -0.136. The summed E-state index contributed by atoms with van der Waals surface area (Å²) < 4.78 is 6.77. The van der Waals surface area contributed by atoms with Crippen molar-refractivity contribution < 1.29 is 14.3 Å². The fourth-order valence-corrected chi connectivity index (χ4v) is 2.96. The Morgan fingerprint density at radius 3 is 2.73 bits per heavy atom. The number of carbonyl (C=O) groups excluding carboxylic acids is 2. The highest BCUT2D eigenvalue weighted by molar-refractivity contribution is 6.30. The van der Waals surface area contributed by atoms with Gasteiger partial charge in [0.15, 0.2) is 5.69 Å². The van der Waals surface area contributed by atoms with Crippen LogP contribution >= 0.6 is 11.6 Å². The molecule has 1 fully saturated rings. The summed E-state index contributed by atoms with van der Waals surface area (Å²) in [5.74, 6) is -0.577. The molecular formula is C17H20ClN5O3. The Labute approximate surface area is 156 Å². The summed E-state index contributed by atoms with van der Waals surface area (Å²) in [6, 6.07) is 6.44. The van der Waals surface area contributed by atoms with E-state index >= 15 is 0 Å². The van der Waals surface area contributed by atoms with Crippen molar-refractivity contribution in [3.8, 4) is 5.69 Å². The van der Waals surface area contributed by atoms with Crippen molar-refractivity contribution in [2.24, 2.45) is 0 Å². The van der Waals surface area contributed by atoms with Crippen LogP contribution in [0.3, 0.4) is 0 Å². The number of aromatic nitrogens is 3. The highest BCUT2D eigenvalue weighted by Gasteiger charge is 2.26. The summed E-state index contributed by atoms with van der Waals surface area (Å²) in [6.07, 6.45) is 0. The molecule has 0 bridgehead atoms. The Hall–Kier alpha value is -2.45. The SMILES string of the molecule is Cc1c(C(=O)NC(C)C(=O)N2CCOCC2)nnn1-c1cccc(Cl)c1. The topological polar surface area (TPSA) is 89.3 Å². The predicted octanol–water partition coefficient (Wildman–Crippen LogP) is 1.21. The number of nitrogens with zero attached hydrogens (tertiary/aromatic N) is 4. The Morgan fingerprint density at radius 2 is 2.04 bits per heavy atom. The van der Waals surface area contributed by atoms with Crippen LogP contribution in [0.2, 0.25) is 5.02 Å². The second kappa shape index (κ2) is 7.84. The molecule has 1 saturated heterocycles. The predicted molar refractivity (Wildman–Crippen MR) is 95.4 cm³/mol. The van der Waals surface area contributed by atoms with Gasteiger partial charge in [0, 0.05) is 18.1 Å². The Morgan fingerprint density at radius 1 is 1.31 bits per heavy atom. The molecule has 1 atom stereocenters. The number of carbonyl (C=O) groups is 2.